The van der Waals surface area contributed by atoms with Crippen molar-refractivity contribution in [3.8, 4) is 17.4 Å². The fraction of sp³-hybridized carbons (Fsp3) is 0.231. The molecule has 0 aliphatic carbocycles. The van der Waals surface area contributed by atoms with E-state index in [2.05, 4.69) is 15.3 Å². The topological polar surface area (TPSA) is 99.4 Å². The van der Waals surface area contributed by atoms with E-state index in [4.69, 9.17) is 9.47 Å². The number of methoxy groups -OCH3 is 1. The molecule has 1 aromatic carbocycles. The molecule has 0 radical (unpaired) electrons. The van der Waals surface area contributed by atoms with Gasteiger partial charge < -0.3 is 14.8 Å². The van der Waals surface area contributed by atoms with Gasteiger partial charge in [-0.05, 0) is 19.1 Å². The first-order chi connectivity index (χ1) is 10.2. The van der Waals surface area contributed by atoms with Crippen molar-refractivity contribution in [2.45, 2.75) is 6.92 Å². The number of ether oxygens (including phenoxy) is 2. The molecular weight excluding hydrogens is 276 g/mol. The van der Waals surface area contributed by atoms with E-state index < -0.39 is 4.92 Å². The van der Waals surface area contributed by atoms with Crippen LogP contribution in [0.25, 0.3) is 0 Å². The Balaban J connectivity index is 2.44. The zero-order valence-corrected chi connectivity index (χ0v) is 11.6. The molecular formula is C13H14N4O4. The molecule has 1 aromatic heterocycles. The van der Waals surface area contributed by atoms with E-state index in [-0.39, 0.29) is 17.4 Å². The van der Waals surface area contributed by atoms with Crippen molar-refractivity contribution in [1.82, 2.24) is 9.97 Å². The normalized spacial score (nSPS) is 10.0. The van der Waals surface area contributed by atoms with Crippen LogP contribution in [0.3, 0.4) is 0 Å². The van der Waals surface area contributed by atoms with Gasteiger partial charge in [-0.3, -0.25) is 10.1 Å². The second-order valence-corrected chi connectivity index (χ2v) is 3.92. The third-order valence-corrected chi connectivity index (χ3v) is 2.59. The molecule has 0 amide bonds. The number of nitrogens with zero attached hydrogens (tertiary/aromatic N) is 3. The number of aromatic nitrogens is 2. The van der Waals surface area contributed by atoms with Crippen LogP contribution in [0, 0.1) is 10.1 Å². The van der Waals surface area contributed by atoms with Gasteiger partial charge in [0.1, 0.15) is 6.33 Å². The molecule has 0 atom stereocenters. The van der Waals surface area contributed by atoms with Crippen LogP contribution in [0.1, 0.15) is 6.92 Å². The quantitative estimate of drug-likeness (QED) is 0.644. The lowest BCUT2D eigenvalue weighted by molar-refractivity contribution is -0.385. The molecule has 0 spiro atoms. The summed E-state index contributed by atoms with van der Waals surface area (Å²) in [6.45, 7) is 2.30. The van der Waals surface area contributed by atoms with E-state index in [1.165, 1.54) is 13.4 Å². The molecule has 2 rings (SSSR count). The lowest BCUT2D eigenvalue weighted by Gasteiger charge is -2.10. The smallest absolute Gasteiger partial charge is 0.373 e. The van der Waals surface area contributed by atoms with Crippen molar-refractivity contribution in [1.29, 1.82) is 0 Å². The number of benzene rings is 1. The molecule has 0 bridgehead atoms. The van der Waals surface area contributed by atoms with Crippen molar-refractivity contribution >= 4 is 11.5 Å². The Bertz CT molecular complexity index is 648. The van der Waals surface area contributed by atoms with Crippen molar-refractivity contribution in [2.75, 3.05) is 19.0 Å². The number of anilines is 1. The summed E-state index contributed by atoms with van der Waals surface area (Å²) in [4.78, 5) is 18.4. The summed E-state index contributed by atoms with van der Waals surface area (Å²) >= 11 is 0. The van der Waals surface area contributed by atoms with Gasteiger partial charge >= 0.3 is 11.6 Å². The Morgan fingerprint density at radius 3 is 2.62 bits per heavy atom. The van der Waals surface area contributed by atoms with Crippen LogP contribution >= 0.6 is 0 Å². The molecule has 0 saturated carbocycles. The Labute approximate surface area is 120 Å². The maximum Gasteiger partial charge on any atom is 0.373 e. The zero-order chi connectivity index (χ0) is 15.2. The van der Waals surface area contributed by atoms with E-state index >= 15 is 0 Å². The molecule has 1 heterocycles. The van der Waals surface area contributed by atoms with Crippen molar-refractivity contribution in [3.63, 3.8) is 0 Å². The summed E-state index contributed by atoms with van der Waals surface area (Å²) in [6.07, 6.45) is 1.20. The maximum atomic E-state index is 11.2. The summed E-state index contributed by atoms with van der Waals surface area (Å²) in [6, 6.07) is 6.82. The second-order valence-electron chi connectivity index (χ2n) is 3.92. The Morgan fingerprint density at radius 2 is 2.00 bits per heavy atom. The summed E-state index contributed by atoms with van der Waals surface area (Å²) in [7, 11) is 1.49. The van der Waals surface area contributed by atoms with Gasteiger partial charge in [-0.2, -0.15) is 4.98 Å². The first kappa shape index (κ1) is 14.5. The van der Waals surface area contributed by atoms with Crippen molar-refractivity contribution in [2.24, 2.45) is 0 Å². The molecule has 0 aliphatic heterocycles. The predicted octanol–water partition coefficient (Wildman–Crippen LogP) is 2.62. The zero-order valence-electron chi connectivity index (χ0n) is 11.6. The van der Waals surface area contributed by atoms with Gasteiger partial charge in [0, 0.05) is 6.54 Å². The highest BCUT2D eigenvalue weighted by molar-refractivity contribution is 5.62. The van der Waals surface area contributed by atoms with E-state index in [1.807, 2.05) is 6.92 Å². The first-order valence-electron chi connectivity index (χ1n) is 6.21. The fourth-order valence-corrected chi connectivity index (χ4v) is 1.71. The van der Waals surface area contributed by atoms with Crippen LogP contribution in [0.15, 0.2) is 30.6 Å². The monoisotopic (exact) mass is 290 g/mol. The number of hydrogen-bond donors (Lipinski definition) is 1. The number of para-hydroxylation sites is 2. The molecule has 2 aromatic rings. The van der Waals surface area contributed by atoms with Gasteiger partial charge in [-0.25, -0.2) is 4.98 Å². The van der Waals surface area contributed by atoms with Crippen LogP contribution < -0.4 is 14.8 Å². The Kier molecular flexibility index (Phi) is 4.50. The highest BCUT2D eigenvalue weighted by atomic mass is 16.6. The third kappa shape index (κ3) is 3.16. The average Bonchev–Trinajstić information content (AvgIpc) is 2.48. The maximum absolute atomic E-state index is 11.2. The second kappa shape index (κ2) is 6.51. The van der Waals surface area contributed by atoms with E-state index in [1.54, 1.807) is 24.3 Å². The predicted molar refractivity (Wildman–Crippen MR) is 75.9 cm³/mol. The van der Waals surface area contributed by atoms with E-state index in [0.29, 0.717) is 18.0 Å². The first-order valence-corrected chi connectivity index (χ1v) is 6.21. The van der Waals surface area contributed by atoms with Crippen molar-refractivity contribution in [3.05, 3.63) is 40.7 Å². The largest absolute Gasteiger partial charge is 0.493 e. The lowest BCUT2D eigenvalue weighted by atomic mass is 10.3. The van der Waals surface area contributed by atoms with Crippen LogP contribution in [0.5, 0.6) is 17.4 Å². The van der Waals surface area contributed by atoms with E-state index in [9.17, 15) is 10.1 Å². The minimum Gasteiger partial charge on any atom is -0.493 e. The molecule has 8 heteroatoms. The minimum absolute atomic E-state index is 0.113. The molecule has 0 aliphatic rings. The third-order valence-electron chi connectivity index (χ3n) is 2.59. The van der Waals surface area contributed by atoms with Gasteiger partial charge in [0.2, 0.25) is 5.82 Å². The molecule has 0 fully saturated rings. The number of hydrogen-bond acceptors (Lipinski definition) is 7. The number of rotatable bonds is 6. The number of nitro groups is 1. The van der Waals surface area contributed by atoms with E-state index in [0.717, 1.165) is 0 Å². The highest BCUT2D eigenvalue weighted by Gasteiger charge is 2.25. The molecule has 0 saturated heterocycles. The molecule has 110 valence electrons. The lowest BCUT2D eigenvalue weighted by Crippen LogP contribution is -2.06. The average molecular weight is 290 g/mol. The minimum atomic E-state index is -0.581. The van der Waals surface area contributed by atoms with Crippen LogP contribution in [0.2, 0.25) is 0 Å². The molecule has 0 unspecified atom stereocenters. The molecule has 8 nitrogen and oxygen atoms in total. The SMILES string of the molecule is CCNc1ncnc(Oc2ccccc2OC)c1[N+](=O)[O-]. The van der Waals surface area contributed by atoms with Crippen molar-refractivity contribution < 1.29 is 14.4 Å². The van der Waals surface area contributed by atoms with Gasteiger partial charge in [0.15, 0.2) is 11.5 Å². The fourth-order valence-electron chi connectivity index (χ4n) is 1.71. The van der Waals surface area contributed by atoms with Crippen LogP contribution in [-0.2, 0) is 0 Å². The highest BCUT2D eigenvalue weighted by Crippen LogP contribution is 2.37. The van der Waals surface area contributed by atoms with Gasteiger partial charge in [-0.15, -0.1) is 0 Å². The molecule has 1 N–H and O–H groups in total. The molecule has 21 heavy (non-hydrogen) atoms. The van der Waals surface area contributed by atoms with Gasteiger partial charge in [0.05, 0.1) is 12.0 Å². The summed E-state index contributed by atoms with van der Waals surface area (Å²) in [5, 5.41) is 14.0. The summed E-state index contributed by atoms with van der Waals surface area (Å²) in [5.41, 5.74) is -0.315. The van der Waals surface area contributed by atoms with Crippen LogP contribution in [0.4, 0.5) is 11.5 Å². The van der Waals surface area contributed by atoms with Crippen LogP contribution in [-0.4, -0.2) is 28.5 Å². The van der Waals surface area contributed by atoms with Gasteiger partial charge in [-0.1, -0.05) is 12.1 Å². The summed E-state index contributed by atoms with van der Waals surface area (Å²) in [5.74, 6) is 0.762. The Hall–Kier alpha value is -2.90. The standard InChI is InChI=1S/C13H14N4O4/c1-3-14-12-11(17(18)19)13(16-8-15-12)21-10-7-5-4-6-9(10)20-2/h4-8H,3H2,1-2H3,(H,14,15,16). The summed E-state index contributed by atoms with van der Waals surface area (Å²) < 4.78 is 10.7. The van der Waals surface area contributed by atoms with Gasteiger partial charge in [0.25, 0.3) is 0 Å². The number of nitrogens with one attached hydrogen (secondary N) is 1. The Morgan fingerprint density at radius 1 is 1.29 bits per heavy atom.